The number of piperazine rings is 1. The number of carbonyl (C=O) groups excluding carboxylic acids is 1. The minimum absolute atomic E-state index is 0.00801. The predicted octanol–water partition coefficient (Wildman–Crippen LogP) is 1.41. The Bertz CT molecular complexity index is 492. The molecule has 0 bridgehead atoms. The van der Waals surface area contributed by atoms with Crippen molar-refractivity contribution < 1.29 is 19.4 Å². The number of carboxylic acids is 1. The van der Waals surface area contributed by atoms with E-state index in [0.717, 1.165) is 5.56 Å². The predicted molar refractivity (Wildman–Crippen MR) is 76.9 cm³/mol. The summed E-state index contributed by atoms with van der Waals surface area (Å²) in [6.07, 6.45) is -0.347. The highest BCUT2D eigenvalue weighted by atomic mass is 16.6. The molecule has 114 valence electrons. The molecule has 1 aromatic rings. The second-order valence-corrected chi connectivity index (χ2v) is 5.20. The van der Waals surface area contributed by atoms with Crippen molar-refractivity contribution in [2.75, 3.05) is 26.2 Å². The maximum atomic E-state index is 12.0. The number of carboxylic acid groups (broad SMARTS) is 1. The van der Waals surface area contributed by atoms with Crippen LogP contribution < -0.4 is 0 Å². The van der Waals surface area contributed by atoms with E-state index in [4.69, 9.17) is 9.84 Å². The monoisotopic (exact) mass is 292 g/mol. The van der Waals surface area contributed by atoms with Gasteiger partial charge in [-0.1, -0.05) is 30.3 Å². The van der Waals surface area contributed by atoms with Crippen LogP contribution in [0.3, 0.4) is 0 Å². The molecule has 1 N–H and O–H groups in total. The summed E-state index contributed by atoms with van der Waals surface area (Å²) in [4.78, 5) is 26.2. The molecule has 1 heterocycles. The Morgan fingerprint density at radius 3 is 2.62 bits per heavy atom. The van der Waals surface area contributed by atoms with Gasteiger partial charge >= 0.3 is 12.1 Å². The standard InChI is InChI=1S/C15H20N2O4/c1-12-9-17(8-7-16(12)10-14(18)19)15(20)21-11-13-5-3-2-4-6-13/h2-6,12H,7-11H2,1H3,(H,18,19)/t12-/m0/s1. The van der Waals surface area contributed by atoms with Crippen LogP contribution >= 0.6 is 0 Å². The van der Waals surface area contributed by atoms with Crippen molar-refractivity contribution in [3.63, 3.8) is 0 Å². The first-order chi connectivity index (χ1) is 10.1. The van der Waals surface area contributed by atoms with Gasteiger partial charge in [0.2, 0.25) is 0 Å². The maximum Gasteiger partial charge on any atom is 0.410 e. The molecule has 0 saturated carbocycles. The quantitative estimate of drug-likeness (QED) is 0.908. The fraction of sp³-hybridized carbons (Fsp3) is 0.467. The molecule has 6 heteroatoms. The molecule has 2 rings (SSSR count). The summed E-state index contributed by atoms with van der Waals surface area (Å²) in [6.45, 7) is 3.71. The summed E-state index contributed by atoms with van der Waals surface area (Å²) in [5, 5.41) is 8.82. The number of hydrogen-bond donors (Lipinski definition) is 1. The van der Waals surface area contributed by atoms with Crippen LogP contribution in [0.2, 0.25) is 0 Å². The highest BCUT2D eigenvalue weighted by molar-refractivity contribution is 5.69. The Kier molecular flexibility index (Phi) is 5.16. The van der Waals surface area contributed by atoms with Crippen molar-refractivity contribution in [1.82, 2.24) is 9.80 Å². The van der Waals surface area contributed by atoms with Crippen LogP contribution in [0.15, 0.2) is 30.3 Å². The first-order valence-electron chi connectivity index (χ1n) is 6.97. The van der Waals surface area contributed by atoms with Gasteiger partial charge < -0.3 is 14.7 Å². The fourth-order valence-electron chi connectivity index (χ4n) is 2.38. The van der Waals surface area contributed by atoms with E-state index in [1.54, 1.807) is 4.90 Å². The summed E-state index contributed by atoms with van der Waals surface area (Å²) < 4.78 is 5.28. The summed E-state index contributed by atoms with van der Waals surface area (Å²) >= 11 is 0. The fourth-order valence-corrected chi connectivity index (χ4v) is 2.38. The largest absolute Gasteiger partial charge is 0.480 e. The Balaban J connectivity index is 1.80. The number of carbonyl (C=O) groups is 2. The van der Waals surface area contributed by atoms with E-state index in [-0.39, 0.29) is 25.3 Å². The third kappa shape index (κ3) is 4.46. The van der Waals surface area contributed by atoms with E-state index in [1.807, 2.05) is 42.2 Å². The number of aliphatic carboxylic acids is 1. The number of amides is 1. The Morgan fingerprint density at radius 1 is 1.29 bits per heavy atom. The minimum atomic E-state index is -0.845. The van der Waals surface area contributed by atoms with Crippen molar-refractivity contribution in [2.24, 2.45) is 0 Å². The number of nitrogens with zero attached hydrogens (tertiary/aromatic N) is 2. The second-order valence-electron chi connectivity index (χ2n) is 5.20. The molecule has 0 unspecified atom stereocenters. The number of rotatable bonds is 4. The Hall–Kier alpha value is -2.08. The molecule has 1 aliphatic heterocycles. The highest BCUT2D eigenvalue weighted by Gasteiger charge is 2.28. The zero-order valence-electron chi connectivity index (χ0n) is 12.1. The van der Waals surface area contributed by atoms with Crippen LogP contribution in [-0.2, 0) is 16.1 Å². The molecule has 6 nitrogen and oxygen atoms in total. The SMILES string of the molecule is C[C@H]1CN(C(=O)OCc2ccccc2)CCN1CC(=O)O. The van der Waals surface area contributed by atoms with E-state index >= 15 is 0 Å². The lowest BCUT2D eigenvalue weighted by molar-refractivity contribution is -0.139. The van der Waals surface area contributed by atoms with Gasteiger partial charge in [-0.25, -0.2) is 4.79 Å². The van der Waals surface area contributed by atoms with Crippen LogP contribution in [0.5, 0.6) is 0 Å². The third-order valence-electron chi connectivity index (χ3n) is 3.57. The molecular formula is C15H20N2O4. The molecule has 21 heavy (non-hydrogen) atoms. The molecule has 0 aliphatic carbocycles. The minimum Gasteiger partial charge on any atom is -0.480 e. The molecule has 0 spiro atoms. The molecule has 1 saturated heterocycles. The van der Waals surface area contributed by atoms with Gasteiger partial charge in [0.1, 0.15) is 6.61 Å². The zero-order valence-corrected chi connectivity index (χ0v) is 12.1. The van der Waals surface area contributed by atoms with Crippen LogP contribution in [0.25, 0.3) is 0 Å². The lowest BCUT2D eigenvalue weighted by atomic mass is 10.2. The smallest absolute Gasteiger partial charge is 0.410 e. The molecular weight excluding hydrogens is 272 g/mol. The van der Waals surface area contributed by atoms with E-state index in [0.29, 0.717) is 19.6 Å². The van der Waals surface area contributed by atoms with Crippen LogP contribution in [0.4, 0.5) is 4.79 Å². The zero-order chi connectivity index (χ0) is 15.2. The van der Waals surface area contributed by atoms with Crippen LogP contribution in [0, 0.1) is 0 Å². The Labute approximate surface area is 123 Å². The van der Waals surface area contributed by atoms with Crippen molar-refractivity contribution in [3.05, 3.63) is 35.9 Å². The van der Waals surface area contributed by atoms with Crippen molar-refractivity contribution >= 4 is 12.1 Å². The first-order valence-corrected chi connectivity index (χ1v) is 6.97. The molecule has 1 aromatic carbocycles. The number of ether oxygens (including phenoxy) is 1. The first kappa shape index (κ1) is 15.3. The van der Waals surface area contributed by atoms with Gasteiger partial charge in [-0.2, -0.15) is 0 Å². The van der Waals surface area contributed by atoms with E-state index < -0.39 is 5.97 Å². The van der Waals surface area contributed by atoms with E-state index in [1.165, 1.54) is 0 Å². The summed E-state index contributed by atoms with van der Waals surface area (Å²) in [6, 6.07) is 9.53. The second kappa shape index (κ2) is 7.08. The average molecular weight is 292 g/mol. The highest BCUT2D eigenvalue weighted by Crippen LogP contribution is 2.11. The van der Waals surface area contributed by atoms with Crippen LogP contribution in [0.1, 0.15) is 12.5 Å². The lowest BCUT2D eigenvalue weighted by Crippen LogP contribution is -2.54. The van der Waals surface area contributed by atoms with E-state index in [9.17, 15) is 9.59 Å². The summed E-state index contributed by atoms with van der Waals surface area (Å²) in [5.74, 6) is -0.845. The van der Waals surface area contributed by atoms with Gasteiger partial charge in [-0.15, -0.1) is 0 Å². The molecule has 0 radical (unpaired) electrons. The van der Waals surface area contributed by atoms with Gasteiger partial charge in [0.25, 0.3) is 0 Å². The van der Waals surface area contributed by atoms with Gasteiger partial charge in [0, 0.05) is 25.7 Å². The maximum absolute atomic E-state index is 12.0. The molecule has 1 fully saturated rings. The molecule has 1 aliphatic rings. The van der Waals surface area contributed by atoms with Gasteiger partial charge in [0.15, 0.2) is 0 Å². The average Bonchev–Trinajstić information content (AvgIpc) is 2.47. The summed E-state index contributed by atoms with van der Waals surface area (Å²) in [5.41, 5.74) is 0.948. The molecule has 1 amide bonds. The van der Waals surface area contributed by atoms with Gasteiger partial charge in [-0.05, 0) is 12.5 Å². The number of hydrogen-bond acceptors (Lipinski definition) is 4. The topological polar surface area (TPSA) is 70.1 Å². The van der Waals surface area contributed by atoms with Crippen molar-refractivity contribution in [2.45, 2.75) is 19.6 Å². The van der Waals surface area contributed by atoms with Gasteiger partial charge in [0.05, 0.1) is 6.54 Å². The normalized spacial score (nSPS) is 19.3. The third-order valence-corrected chi connectivity index (χ3v) is 3.57. The van der Waals surface area contributed by atoms with Crippen molar-refractivity contribution in [1.29, 1.82) is 0 Å². The molecule has 1 atom stereocenters. The summed E-state index contributed by atoms with van der Waals surface area (Å²) in [7, 11) is 0. The Morgan fingerprint density at radius 2 is 2.00 bits per heavy atom. The van der Waals surface area contributed by atoms with Crippen LogP contribution in [-0.4, -0.2) is 59.2 Å². The van der Waals surface area contributed by atoms with Gasteiger partial charge in [-0.3, -0.25) is 9.69 Å². The molecule has 0 aromatic heterocycles. The number of benzene rings is 1. The lowest BCUT2D eigenvalue weighted by Gasteiger charge is -2.38. The van der Waals surface area contributed by atoms with Crippen molar-refractivity contribution in [3.8, 4) is 0 Å². The van der Waals surface area contributed by atoms with E-state index in [2.05, 4.69) is 0 Å².